The molecule has 2 aromatic rings. The molecule has 26 heavy (non-hydrogen) atoms. The van der Waals surface area contributed by atoms with Gasteiger partial charge < -0.3 is 14.7 Å². The summed E-state index contributed by atoms with van der Waals surface area (Å²) in [6.07, 6.45) is 4.40. The van der Waals surface area contributed by atoms with E-state index in [1.807, 2.05) is 18.0 Å². The van der Waals surface area contributed by atoms with Crippen molar-refractivity contribution in [3.63, 3.8) is 0 Å². The Bertz CT molecular complexity index is 801. The van der Waals surface area contributed by atoms with Crippen LogP contribution in [0.5, 0.6) is 0 Å². The first kappa shape index (κ1) is 17.5. The number of piperidine rings is 1. The smallest absolute Gasteiger partial charge is 0.259 e. The van der Waals surface area contributed by atoms with Gasteiger partial charge in [0.15, 0.2) is 0 Å². The van der Waals surface area contributed by atoms with Gasteiger partial charge in [0.25, 0.3) is 11.6 Å². The van der Waals surface area contributed by atoms with E-state index in [1.165, 1.54) is 0 Å². The Kier molecular flexibility index (Phi) is 4.69. The van der Waals surface area contributed by atoms with Gasteiger partial charge in [-0.3, -0.25) is 4.79 Å². The monoisotopic (exact) mass is 356 g/mol. The summed E-state index contributed by atoms with van der Waals surface area (Å²) in [6.45, 7) is 6.80. The number of rotatable bonds is 5. The summed E-state index contributed by atoms with van der Waals surface area (Å²) in [6, 6.07) is 2.01. The van der Waals surface area contributed by atoms with Crippen molar-refractivity contribution >= 4 is 17.0 Å². The number of amides is 1. The molecular weight excluding hydrogens is 328 g/mol. The summed E-state index contributed by atoms with van der Waals surface area (Å²) in [7, 11) is 1.99. The van der Waals surface area contributed by atoms with Crippen molar-refractivity contribution in [1.82, 2.24) is 20.4 Å². The van der Waals surface area contributed by atoms with Gasteiger partial charge in [0.2, 0.25) is 0 Å². The van der Waals surface area contributed by atoms with Crippen LogP contribution in [-0.2, 0) is 0 Å². The van der Waals surface area contributed by atoms with Crippen LogP contribution in [0.2, 0.25) is 0 Å². The highest BCUT2D eigenvalue weighted by atomic mass is 16.5. The van der Waals surface area contributed by atoms with E-state index in [0.717, 1.165) is 67.7 Å². The molecule has 1 saturated carbocycles. The fraction of sp³-hybridized carbons (Fsp3) is 0.650. The number of hydrogen-bond donors (Lipinski definition) is 1. The highest BCUT2D eigenvalue weighted by Crippen LogP contribution is 2.41. The molecule has 0 bridgehead atoms. The molecule has 1 aliphatic carbocycles. The fourth-order valence-corrected chi connectivity index (χ4v) is 3.94. The first-order valence-electron chi connectivity index (χ1n) is 9.82. The van der Waals surface area contributed by atoms with E-state index >= 15 is 0 Å². The Balaban J connectivity index is 1.67. The van der Waals surface area contributed by atoms with E-state index < -0.39 is 0 Å². The molecule has 1 aliphatic heterocycles. The number of nitrogens with zero attached hydrogens (tertiary/aromatic N) is 3. The second kappa shape index (κ2) is 6.99. The van der Waals surface area contributed by atoms with Crippen molar-refractivity contribution in [2.75, 3.05) is 26.7 Å². The zero-order valence-corrected chi connectivity index (χ0v) is 15.9. The van der Waals surface area contributed by atoms with Gasteiger partial charge in [-0.15, -0.1) is 0 Å². The summed E-state index contributed by atoms with van der Waals surface area (Å²) >= 11 is 0. The average Bonchev–Trinajstić information content (AvgIpc) is 3.40. The molecule has 0 aromatic carbocycles. The molecule has 2 aromatic heterocycles. The SMILES string of the molecule is CNCC1CCN(C(=O)c2cc(C3CC3)nc3onc(C(C)C)c23)CC1. The van der Waals surface area contributed by atoms with Gasteiger partial charge in [-0.25, -0.2) is 4.98 Å². The zero-order valence-electron chi connectivity index (χ0n) is 15.9. The minimum atomic E-state index is 0.104. The zero-order chi connectivity index (χ0) is 18.3. The highest BCUT2D eigenvalue weighted by Gasteiger charge is 2.31. The molecule has 2 fully saturated rings. The quantitative estimate of drug-likeness (QED) is 0.890. The Morgan fingerprint density at radius 2 is 2.04 bits per heavy atom. The van der Waals surface area contributed by atoms with Gasteiger partial charge >= 0.3 is 0 Å². The number of pyridine rings is 1. The molecule has 0 radical (unpaired) electrons. The summed E-state index contributed by atoms with van der Waals surface area (Å²) < 4.78 is 5.52. The summed E-state index contributed by atoms with van der Waals surface area (Å²) in [5, 5.41) is 8.28. The van der Waals surface area contributed by atoms with E-state index in [4.69, 9.17) is 4.52 Å². The first-order valence-corrected chi connectivity index (χ1v) is 9.82. The molecule has 1 amide bonds. The molecule has 6 heteroatoms. The fourth-order valence-electron chi connectivity index (χ4n) is 3.94. The first-order chi connectivity index (χ1) is 12.6. The number of aromatic nitrogens is 2. The molecule has 0 unspecified atom stereocenters. The van der Waals surface area contributed by atoms with Crippen molar-refractivity contribution < 1.29 is 9.32 Å². The third-order valence-electron chi connectivity index (χ3n) is 5.66. The van der Waals surface area contributed by atoms with Crippen molar-refractivity contribution in [3.8, 4) is 0 Å². The number of nitrogens with one attached hydrogen (secondary N) is 1. The predicted octanol–water partition coefficient (Wildman–Crippen LogP) is 3.30. The molecule has 0 spiro atoms. The molecule has 140 valence electrons. The number of fused-ring (bicyclic) bond motifs is 1. The normalized spacial score (nSPS) is 18.8. The summed E-state index contributed by atoms with van der Waals surface area (Å²) in [5.41, 5.74) is 3.07. The summed E-state index contributed by atoms with van der Waals surface area (Å²) in [4.78, 5) is 20.0. The second-order valence-corrected chi connectivity index (χ2v) is 8.06. The van der Waals surface area contributed by atoms with Crippen molar-refractivity contribution in [2.24, 2.45) is 5.92 Å². The van der Waals surface area contributed by atoms with Gasteiger partial charge in [-0.1, -0.05) is 19.0 Å². The average molecular weight is 356 g/mol. The van der Waals surface area contributed by atoms with Crippen LogP contribution in [0, 0.1) is 5.92 Å². The van der Waals surface area contributed by atoms with Crippen LogP contribution in [0.1, 0.15) is 73.1 Å². The van der Waals surface area contributed by atoms with E-state index in [1.54, 1.807) is 0 Å². The van der Waals surface area contributed by atoms with Gasteiger partial charge in [0.1, 0.15) is 0 Å². The van der Waals surface area contributed by atoms with Crippen LogP contribution in [-0.4, -0.2) is 47.6 Å². The van der Waals surface area contributed by atoms with Crippen LogP contribution in [0.4, 0.5) is 0 Å². The van der Waals surface area contributed by atoms with Gasteiger partial charge in [-0.2, -0.15) is 0 Å². The van der Waals surface area contributed by atoms with Crippen LogP contribution in [0.25, 0.3) is 11.1 Å². The summed E-state index contributed by atoms with van der Waals surface area (Å²) in [5.74, 6) is 1.43. The topological polar surface area (TPSA) is 71.3 Å². The molecule has 3 heterocycles. The lowest BCUT2D eigenvalue weighted by atomic mass is 9.95. The Labute approximate surface area is 154 Å². The third-order valence-corrected chi connectivity index (χ3v) is 5.66. The van der Waals surface area contributed by atoms with Crippen molar-refractivity contribution in [2.45, 2.75) is 51.4 Å². The van der Waals surface area contributed by atoms with E-state index in [0.29, 0.717) is 17.5 Å². The minimum absolute atomic E-state index is 0.104. The maximum Gasteiger partial charge on any atom is 0.259 e. The predicted molar refractivity (Wildman–Crippen MR) is 100 cm³/mol. The van der Waals surface area contributed by atoms with Crippen LogP contribution < -0.4 is 5.32 Å². The number of carbonyl (C=O) groups excluding carboxylic acids is 1. The van der Waals surface area contributed by atoms with E-state index in [2.05, 4.69) is 29.3 Å². The van der Waals surface area contributed by atoms with Gasteiger partial charge in [-0.05, 0) is 57.2 Å². The molecule has 1 N–H and O–H groups in total. The lowest BCUT2D eigenvalue weighted by Crippen LogP contribution is -2.40. The number of likely N-dealkylation sites (tertiary alicyclic amines) is 1. The molecule has 1 saturated heterocycles. The van der Waals surface area contributed by atoms with Crippen molar-refractivity contribution in [1.29, 1.82) is 0 Å². The molecule has 4 rings (SSSR count). The van der Waals surface area contributed by atoms with Gasteiger partial charge in [0.05, 0.1) is 16.6 Å². The maximum atomic E-state index is 13.4. The molecule has 6 nitrogen and oxygen atoms in total. The maximum absolute atomic E-state index is 13.4. The second-order valence-electron chi connectivity index (χ2n) is 8.06. The number of carbonyl (C=O) groups is 1. The van der Waals surface area contributed by atoms with Gasteiger partial charge in [0, 0.05) is 24.7 Å². The van der Waals surface area contributed by atoms with Crippen LogP contribution in [0.15, 0.2) is 10.6 Å². The lowest BCUT2D eigenvalue weighted by Gasteiger charge is -2.32. The standard InChI is InChI=1S/C20H28N4O2/c1-12(2)18-17-15(10-16(14-4-5-14)22-19(17)26-23-18)20(25)24-8-6-13(7-9-24)11-21-3/h10,12-14,21H,4-9,11H2,1-3H3. The largest absolute Gasteiger partial charge is 0.339 e. The Hall–Kier alpha value is -1.95. The highest BCUT2D eigenvalue weighted by molar-refractivity contribution is 6.06. The lowest BCUT2D eigenvalue weighted by molar-refractivity contribution is 0.0692. The molecular formula is C20H28N4O2. The van der Waals surface area contributed by atoms with Crippen LogP contribution in [0.3, 0.4) is 0 Å². The number of hydrogen-bond acceptors (Lipinski definition) is 5. The molecule has 2 aliphatic rings. The van der Waals surface area contributed by atoms with Crippen molar-refractivity contribution in [3.05, 3.63) is 23.0 Å². The third kappa shape index (κ3) is 3.22. The van der Waals surface area contributed by atoms with E-state index in [-0.39, 0.29) is 11.8 Å². The van der Waals surface area contributed by atoms with E-state index in [9.17, 15) is 4.79 Å². The Morgan fingerprint density at radius 3 is 2.65 bits per heavy atom. The molecule has 0 atom stereocenters. The minimum Gasteiger partial charge on any atom is -0.339 e. The Morgan fingerprint density at radius 1 is 1.31 bits per heavy atom. The van der Waals surface area contributed by atoms with Crippen LogP contribution >= 0.6 is 0 Å².